The molecule has 7 atom stereocenters. The van der Waals surface area contributed by atoms with Crippen LogP contribution in [0.25, 0.3) is 0 Å². The molecule has 2 aromatic carbocycles. The second-order valence-electron chi connectivity index (χ2n) is 11.5. The summed E-state index contributed by atoms with van der Waals surface area (Å²) in [5.74, 6) is 0.0390. The quantitative estimate of drug-likeness (QED) is 0.251. The van der Waals surface area contributed by atoms with Gasteiger partial charge in [-0.25, -0.2) is 0 Å². The van der Waals surface area contributed by atoms with Crippen molar-refractivity contribution in [2.24, 2.45) is 0 Å². The fourth-order valence-corrected chi connectivity index (χ4v) is 6.83. The summed E-state index contributed by atoms with van der Waals surface area (Å²) in [6, 6.07) is 9.06. The largest absolute Gasteiger partial charge is 0.493 e. The first kappa shape index (κ1) is 30.3. The predicted octanol–water partition coefficient (Wildman–Crippen LogP) is 2.22. The molecule has 1 aliphatic carbocycles. The number of fused-ring (bicyclic) bond motifs is 6. The number of esters is 1. The Morgan fingerprint density at radius 1 is 0.955 bits per heavy atom. The van der Waals surface area contributed by atoms with Gasteiger partial charge in [0, 0.05) is 17.2 Å². The van der Waals surface area contributed by atoms with Crippen molar-refractivity contribution in [1.29, 1.82) is 0 Å². The van der Waals surface area contributed by atoms with Crippen LogP contribution in [0.4, 0.5) is 0 Å². The first-order chi connectivity index (χ1) is 21.2. The van der Waals surface area contributed by atoms with E-state index in [4.69, 9.17) is 38.3 Å². The lowest BCUT2D eigenvalue weighted by Crippen LogP contribution is -2.60. The first-order valence-electron chi connectivity index (χ1n) is 14.6. The number of carbonyl (C=O) groups is 2. The standard InChI is InChI=1S/C31H36O13/c1-38-18-9-8-17-23-27(43-28(17)29(18)39-2)16-7-6-15(12-19(16)44-31(23)10-4-3-5-11-31)41-30-26(37)25(36)24(35)20(42-30)14-40-22(34)13-21(32)33/h6-9,12,20,23-27,30,35-37H,3-5,10-11,13-14H2,1-2H3,(H,32,33). The van der Waals surface area contributed by atoms with Gasteiger partial charge in [0.15, 0.2) is 11.5 Å². The van der Waals surface area contributed by atoms with Crippen molar-refractivity contribution in [3.05, 3.63) is 41.5 Å². The Labute approximate surface area is 253 Å². The normalized spacial score (nSPS) is 29.7. The molecule has 1 saturated heterocycles. The van der Waals surface area contributed by atoms with Crippen LogP contribution in [-0.2, 0) is 19.1 Å². The highest BCUT2D eigenvalue weighted by Crippen LogP contribution is 2.63. The van der Waals surface area contributed by atoms with Gasteiger partial charge in [-0.15, -0.1) is 0 Å². The molecular weight excluding hydrogens is 580 g/mol. The van der Waals surface area contributed by atoms with Crippen LogP contribution < -0.4 is 23.7 Å². The molecule has 13 heteroatoms. The number of benzene rings is 2. The smallest absolute Gasteiger partial charge is 0.317 e. The summed E-state index contributed by atoms with van der Waals surface area (Å²) in [5.41, 5.74) is 1.27. The van der Waals surface area contributed by atoms with E-state index in [1.54, 1.807) is 26.4 Å². The lowest BCUT2D eigenvalue weighted by atomic mass is 9.68. The molecule has 1 saturated carbocycles. The zero-order valence-corrected chi connectivity index (χ0v) is 24.3. The highest BCUT2D eigenvalue weighted by Gasteiger charge is 2.56. The number of carboxylic acids is 1. The molecule has 3 aliphatic heterocycles. The van der Waals surface area contributed by atoms with Crippen LogP contribution in [0.1, 0.15) is 61.7 Å². The molecule has 4 N–H and O–H groups in total. The van der Waals surface area contributed by atoms with Gasteiger partial charge in [0.25, 0.3) is 0 Å². The molecule has 44 heavy (non-hydrogen) atoms. The van der Waals surface area contributed by atoms with Crippen molar-refractivity contribution in [1.82, 2.24) is 0 Å². The van der Waals surface area contributed by atoms with E-state index < -0.39 is 61.3 Å². The van der Waals surface area contributed by atoms with E-state index in [1.165, 1.54) is 0 Å². The van der Waals surface area contributed by atoms with Crippen LogP contribution in [0.15, 0.2) is 30.3 Å². The van der Waals surface area contributed by atoms with Crippen molar-refractivity contribution in [3.8, 4) is 28.7 Å². The Kier molecular flexibility index (Phi) is 8.22. The summed E-state index contributed by atoms with van der Waals surface area (Å²) in [6.45, 7) is -0.554. The predicted molar refractivity (Wildman–Crippen MR) is 149 cm³/mol. The minimum atomic E-state index is -1.69. The molecule has 4 aliphatic rings. The summed E-state index contributed by atoms with van der Waals surface area (Å²) in [4.78, 5) is 22.4. The van der Waals surface area contributed by atoms with Crippen molar-refractivity contribution in [2.45, 2.75) is 86.9 Å². The topological polar surface area (TPSA) is 180 Å². The number of hydrogen-bond donors (Lipinski definition) is 4. The third kappa shape index (κ3) is 5.27. The molecule has 7 unspecified atom stereocenters. The van der Waals surface area contributed by atoms with Crippen LogP contribution in [0, 0.1) is 0 Å². The lowest BCUT2D eigenvalue weighted by Gasteiger charge is -2.47. The number of aliphatic carboxylic acids is 1. The lowest BCUT2D eigenvalue weighted by molar-refractivity contribution is -0.278. The molecule has 2 fully saturated rings. The van der Waals surface area contributed by atoms with Crippen LogP contribution in [0.2, 0.25) is 0 Å². The number of aliphatic hydroxyl groups is 3. The summed E-state index contributed by atoms with van der Waals surface area (Å²) in [7, 11) is 3.16. The third-order valence-electron chi connectivity index (χ3n) is 8.91. The Balaban J connectivity index is 1.27. The molecule has 0 bridgehead atoms. The number of hydrogen-bond acceptors (Lipinski definition) is 12. The maximum Gasteiger partial charge on any atom is 0.317 e. The average molecular weight is 617 g/mol. The van der Waals surface area contributed by atoms with E-state index in [-0.39, 0.29) is 17.8 Å². The zero-order valence-electron chi connectivity index (χ0n) is 24.3. The van der Waals surface area contributed by atoms with Gasteiger partial charge < -0.3 is 53.6 Å². The second kappa shape index (κ2) is 12.0. The Morgan fingerprint density at radius 3 is 2.41 bits per heavy atom. The summed E-state index contributed by atoms with van der Waals surface area (Å²) < 4.78 is 41.1. The Morgan fingerprint density at radius 2 is 1.70 bits per heavy atom. The number of rotatable bonds is 8. The second-order valence-corrected chi connectivity index (χ2v) is 11.5. The maximum absolute atomic E-state index is 11.7. The van der Waals surface area contributed by atoms with Crippen LogP contribution in [0.5, 0.6) is 28.7 Å². The molecule has 2 aromatic rings. The average Bonchev–Trinajstić information content (AvgIpc) is 3.41. The number of methoxy groups -OCH3 is 2. The van der Waals surface area contributed by atoms with E-state index in [0.717, 1.165) is 43.2 Å². The molecular formula is C31H36O13. The monoisotopic (exact) mass is 616 g/mol. The summed E-state index contributed by atoms with van der Waals surface area (Å²) >= 11 is 0. The minimum absolute atomic E-state index is 0.0818. The molecule has 13 nitrogen and oxygen atoms in total. The molecule has 0 amide bonds. The van der Waals surface area contributed by atoms with E-state index in [0.29, 0.717) is 23.0 Å². The highest BCUT2D eigenvalue weighted by atomic mass is 16.7. The van der Waals surface area contributed by atoms with Crippen molar-refractivity contribution in [2.75, 3.05) is 20.8 Å². The first-order valence-corrected chi connectivity index (χ1v) is 14.6. The Bertz CT molecular complexity index is 1400. The number of aliphatic hydroxyl groups excluding tert-OH is 3. The highest BCUT2D eigenvalue weighted by molar-refractivity contribution is 5.90. The van der Waals surface area contributed by atoms with E-state index in [9.17, 15) is 24.9 Å². The van der Waals surface area contributed by atoms with E-state index in [1.807, 2.05) is 18.2 Å². The van der Waals surface area contributed by atoms with Gasteiger partial charge in [-0.1, -0.05) is 12.5 Å². The van der Waals surface area contributed by atoms with Gasteiger partial charge in [-0.2, -0.15) is 0 Å². The van der Waals surface area contributed by atoms with E-state index in [2.05, 4.69) is 0 Å². The Hall–Kier alpha value is -3.78. The number of carboxylic acid groups (broad SMARTS) is 1. The molecule has 3 heterocycles. The van der Waals surface area contributed by atoms with Crippen molar-refractivity contribution in [3.63, 3.8) is 0 Å². The molecule has 1 spiro atoms. The fourth-order valence-electron chi connectivity index (χ4n) is 6.83. The van der Waals surface area contributed by atoms with Gasteiger partial charge in [0.2, 0.25) is 12.0 Å². The minimum Gasteiger partial charge on any atom is -0.493 e. The van der Waals surface area contributed by atoms with Gasteiger partial charge in [-0.3, -0.25) is 9.59 Å². The molecule has 6 rings (SSSR count). The third-order valence-corrected chi connectivity index (χ3v) is 8.91. The summed E-state index contributed by atoms with van der Waals surface area (Å²) in [5, 5.41) is 40.2. The van der Waals surface area contributed by atoms with Gasteiger partial charge in [0.1, 0.15) is 60.6 Å². The maximum atomic E-state index is 11.7. The van der Waals surface area contributed by atoms with Gasteiger partial charge in [0.05, 0.1) is 20.1 Å². The molecule has 238 valence electrons. The van der Waals surface area contributed by atoms with Crippen molar-refractivity contribution >= 4 is 11.9 Å². The molecule has 0 radical (unpaired) electrons. The van der Waals surface area contributed by atoms with Gasteiger partial charge in [-0.05, 0) is 43.9 Å². The van der Waals surface area contributed by atoms with Crippen molar-refractivity contribution < 1.29 is 63.2 Å². The fraction of sp³-hybridized carbons (Fsp3) is 0.548. The summed E-state index contributed by atoms with van der Waals surface area (Å²) in [6.07, 6.45) is -4.15. The number of ether oxygens (including phenoxy) is 7. The molecule has 0 aromatic heterocycles. The van der Waals surface area contributed by atoms with Crippen LogP contribution in [-0.4, -0.2) is 89.5 Å². The zero-order chi connectivity index (χ0) is 31.2. The SMILES string of the molecule is COc1ccc2c(c1OC)OC1c3ccc(OC4OC(COC(=O)CC(=O)O)C(O)C(O)C4O)cc3OC3(CCCCC3)C21. The van der Waals surface area contributed by atoms with Gasteiger partial charge >= 0.3 is 11.9 Å². The van der Waals surface area contributed by atoms with Crippen LogP contribution >= 0.6 is 0 Å². The van der Waals surface area contributed by atoms with Crippen LogP contribution in [0.3, 0.4) is 0 Å². The van der Waals surface area contributed by atoms with E-state index >= 15 is 0 Å². The number of carbonyl (C=O) groups excluding carboxylic acids is 1.